The van der Waals surface area contributed by atoms with Crippen molar-refractivity contribution >= 4 is 17.4 Å². The fraction of sp³-hybridized carbons (Fsp3) is 0.333. The van der Waals surface area contributed by atoms with Gasteiger partial charge >= 0.3 is 0 Å². The highest BCUT2D eigenvalue weighted by Crippen LogP contribution is 2.37. The van der Waals surface area contributed by atoms with Crippen molar-refractivity contribution in [1.29, 1.82) is 0 Å². The summed E-state index contributed by atoms with van der Waals surface area (Å²) < 4.78 is 0. The Hall–Kier alpha value is -1.84. The summed E-state index contributed by atoms with van der Waals surface area (Å²) in [5, 5.41) is 2.87. The van der Waals surface area contributed by atoms with E-state index in [4.69, 9.17) is 0 Å². The third kappa shape index (κ3) is 1.23. The zero-order chi connectivity index (χ0) is 11.1. The molecule has 2 heterocycles. The van der Waals surface area contributed by atoms with Crippen LogP contribution >= 0.6 is 0 Å². The van der Waals surface area contributed by atoms with Gasteiger partial charge in [-0.25, -0.2) is 4.98 Å². The van der Waals surface area contributed by atoms with E-state index in [1.54, 1.807) is 6.20 Å². The van der Waals surface area contributed by atoms with E-state index in [0.29, 0.717) is 5.82 Å². The Morgan fingerprint density at radius 2 is 2.31 bits per heavy atom. The van der Waals surface area contributed by atoms with Crippen molar-refractivity contribution in [1.82, 2.24) is 4.98 Å². The van der Waals surface area contributed by atoms with Crippen molar-refractivity contribution in [3.05, 3.63) is 29.6 Å². The van der Waals surface area contributed by atoms with Crippen LogP contribution in [0, 0.1) is 0 Å². The molecule has 0 radical (unpaired) electrons. The first kappa shape index (κ1) is 9.39. The number of pyridine rings is 1. The van der Waals surface area contributed by atoms with Crippen molar-refractivity contribution in [2.45, 2.75) is 19.3 Å². The number of rotatable bonds is 0. The van der Waals surface area contributed by atoms with Crippen LogP contribution in [0.3, 0.4) is 0 Å². The maximum absolute atomic E-state index is 12.0. The van der Waals surface area contributed by atoms with Gasteiger partial charge in [-0.2, -0.15) is 0 Å². The number of hydrogen-bond donors (Lipinski definition) is 1. The number of carbonyl (C=O) groups is 1. The molecule has 3 rings (SSSR count). The van der Waals surface area contributed by atoms with Gasteiger partial charge in [-0.05, 0) is 31.4 Å². The molecule has 4 nitrogen and oxygen atoms in total. The molecular weight excluding hydrogens is 202 g/mol. The number of amides is 1. The smallest absolute Gasteiger partial charge is 0.254 e. The lowest BCUT2D eigenvalue weighted by Crippen LogP contribution is -2.16. The summed E-state index contributed by atoms with van der Waals surface area (Å²) in [5.74, 6) is 0.668. The second kappa shape index (κ2) is 3.33. The van der Waals surface area contributed by atoms with Crippen LogP contribution in [0.4, 0.5) is 11.5 Å². The number of nitrogens with one attached hydrogen (secondary N) is 1. The lowest BCUT2D eigenvalue weighted by atomic mass is 10.2. The van der Waals surface area contributed by atoms with E-state index in [1.807, 2.05) is 19.2 Å². The summed E-state index contributed by atoms with van der Waals surface area (Å²) in [6, 6.07) is 3.87. The molecule has 1 aliphatic carbocycles. The Morgan fingerprint density at radius 3 is 3.19 bits per heavy atom. The van der Waals surface area contributed by atoms with Gasteiger partial charge in [-0.15, -0.1) is 0 Å². The number of fused-ring (bicyclic) bond motifs is 1. The molecule has 2 aliphatic rings. The summed E-state index contributed by atoms with van der Waals surface area (Å²) in [6.07, 6.45) is 4.62. The number of hydrogen-bond acceptors (Lipinski definition) is 3. The largest absolute Gasteiger partial charge is 0.345 e. The van der Waals surface area contributed by atoms with Crippen LogP contribution in [0.25, 0.3) is 0 Å². The van der Waals surface area contributed by atoms with Gasteiger partial charge in [0, 0.05) is 24.5 Å². The molecule has 0 fully saturated rings. The van der Waals surface area contributed by atoms with Crippen molar-refractivity contribution in [2.75, 3.05) is 17.3 Å². The third-order valence-corrected chi connectivity index (χ3v) is 3.25. The van der Waals surface area contributed by atoms with Crippen molar-refractivity contribution < 1.29 is 4.79 Å². The zero-order valence-electron chi connectivity index (χ0n) is 9.16. The predicted octanol–water partition coefficient (Wildman–Crippen LogP) is 1.91. The van der Waals surface area contributed by atoms with Gasteiger partial charge in [0.1, 0.15) is 0 Å². The van der Waals surface area contributed by atoms with Gasteiger partial charge in [0.05, 0.1) is 5.69 Å². The monoisotopic (exact) mass is 215 g/mol. The minimum absolute atomic E-state index is 0.0109. The SMILES string of the molecule is CN1C2=C(CCC2)C(=O)Nc2ncccc21. The predicted molar refractivity (Wildman–Crippen MR) is 62.1 cm³/mol. The summed E-state index contributed by atoms with van der Waals surface area (Å²) in [4.78, 5) is 18.3. The number of anilines is 2. The lowest BCUT2D eigenvalue weighted by molar-refractivity contribution is -0.113. The Balaban J connectivity index is 2.16. The highest BCUT2D eigenvalue weighted by atomic mass is 16.1. The van der Waals surface area contributed by atoms with Crippen LogP contribution in [0.5, 0.6) is 0 Å². The topological polar surface area (TPSA) is 45.2 Å². The number of aromatic nitrogens is 1. The molecule has 16 heavy (non-hydrogen) atoms. The van der Waals surface area contributed by atoms with Crippen molar-refractivity contribution in [3.8, 4) is 0 Å². The van der Waals surface area contributed by atoms with Gasteiger partial charge in [-0.3, -0.25) is 4.79 Å². The molecule has 1 aromatic rings. The first-order chi connectivity index (χ1) is 7.77. The van der Waals surface area contributed by atoms with E-state index in [-0.39, 0.29) is 5.91 Å². The lowest BCUT2D eigenvalue weighted by Gasteiger charge is -2.20. The maximum atomic E-state index is 12.0. The Labute approximate surface area is 94.0 Å². The number of carbonyl (C=O) groups excluding carboxylic acids is 1. The molecule has 1 N–H and O–H groups in total. The summed E-state index contributed by atoms with van der Waals surface area (Å²) in [5.41, 5.74) is 3.03. The van der Waals surface area contributed by atoms with Crippen molar-refractivity contribution in [2.24, 2.45) is 0 Å². The van der Waals surface area contributed by atoms with Gasteiger partial charge in [-0.1, -0.05) is 0 Å². The van der Waals surface area contributed by atoms with Crippen LogP contribution in [0.1, 0.15) is 19.3 Å². The molecule has 0 unspecified atom stereocenters. The molecule has 0 atom stereocenters. The van der Waals surface area contributed by atoms with E-state index < -0.39 is 0 Å². The minimum atomic E-state index is 0.0109. The quantitative estimate of drug-likeness (QED) is 0.719. The van der Waals surface area contributed by atoms with Gasteiger partial charge in [0.2, 0.25) is 0 Å². The van der Waals surface area contributed by atoms with Crippen LogP contribution in [0.15, 0.2) is 29.6 Å². The van der Waals surface area contributed by atoms with Gasteiger partial charge in [0.25, 0.3) is 5.91 Å². The van der Waals surface area contributed by atoms with Gasteiger partial charge < -0.3 is 10.2 Å². The molecule has 0 spiro atoms. The molecule has 0 bridgehead atoms. The fourth-order valence-corrected chi connectivity index (χ4v) is 2.43. The average molecular weight is 215 g/mol. The maximum Gasteiger partial charge on any atom is 0.254 e. The summed E-state index contributed by atoms with van der Waals surface area (Å²) in [6.45, 7) is 0. The van der Waals surface area contributed by atoms with Crippen LogP contribution in [-0.2, 0) is 4.79 Å². The first-order valence-corrected chi connectivity index (χ1v) is 5.49. The molecule has 0 saturated carbocycles. The first-order valence-electron chi connectivity index (χ1n) is 5.49. The van der Waals surface area contributed by atoms with E-state index in [1.165, 1.54) is 0 Å². The average Bonchev–Trinajstić information content (AvgIpc) is 2.74. The Morgan fingerprint density at radius 1 is 1.44 bits per heavy atom. The van der Waals surface area contributed by atoms with Crippen LogP contribution in [-0.4, -0.2) is 17.9 Å². The molecule has 0 saturated heterocycles. The minimum Gasteiger partial charge on any atom is -0.345 e. The highest BCUT2D eigenvalue weighted by Gasteiger charge is 2.28. The van der Waals surface area contributed by atoms with Crippen LogP contribution in [0.2, 0.25) is 0 Å². The van der Waals surface area contributed by atoms with E-state index in [0.717, 1.165) is 36.2 Å². The molecule has 1 aromatic heterocycles. The van der Waals surface area contributed by atoms with Crippen LogP contribution < -0.4 is 10.2 Å². The Kier molecular flexibility index (Phi) is 1.96. The number of nitrogens with zero attached hydrogens (tertiary/aromatic N) is 2. The Bertz CT molecular complexity index is 493. The van der Waals surface area contributed by atoms with E-state index in [9.17, 15) is 4.79 Å². The molecule has 82 valence electrons. The molecule has 1 amide bonds. The summed E-state index contributed by atoms with van der Waals surface area (Å²) >= 11 is 0. The fourth-order valence-electron chi connectivity index (χ4n) is 2.43. The molecule has 0 aromatic carbocycles. The summed E-state index contributed by atoms with van der Waals surface area (Å²) in [7, 11) is 2.00. The third-order valence-electron chi connectivity index (χ3n) is 3.25. The van der Waals surface area contributed by atoms with Gasteiger partial charge in [0.15, 0.2) is 5.82 Å². The second-order valence-corrected chi connectivity index (χ2v) is 4.16. The van der Waals surface area contributed by atoms with E-state index in [2.05, 4.69) is 15.2 Å². The second-order valence-electron chi connectivity index (χ2n) is 4.16. The normalized spacial score (nSPS) is 19.1. The molecular formula is C12H13N3O. The number of allylic oxidation sites excluding steroid dienone is 1. The van der Waals surface area contributed by atoms with Crippen molar-refractivity contribution in [3.63, 3.8) is 0 Å². The standard InChI is InChI=1S/C12H13N3O/c1-15-9-5-2-4-8(9)12(16)14-11-10(15)6-3-7-13-11/h3,6-7H,2,4-5H2,1H3,(H,13,14,16). The highest BCUT2D eigenvalue weighted by molar-refractivity contribution is 6.07. The zero-order valence-corrected chi connectivity index (χ0v) is 9.16. The van der Waals surface area contributed by atoms with E-state index >= 15 is 0 Å². The molecule has 4 heteroatoms. The molecule has 1 aliphatic heterocycles.